The fourth-order valence-electron chi connectivity index (χ4n) is 1.55. The van der Waals surface area contributed by atoms with Crippen LogP contribution < -0.4 is 9.47 Å². The van der Waals surface area contributed by atoms with Gasteiger partial charge in [0.2, 0.25) is 0 Å². The molecule has 0 unspecified atom stereocenters. The van der Waals surface area contributed by atoms with E-state index in [2.05, 4.69) is 63.7 Å². The molecule has 0 aliphatic heterocycles. The van der Waals surface area contributed by atoms with Crippen molar-refractivity contribution in [1.29, 1.82) is 0 Å². The lowest BCUT2D eigenvalue weighted by atomic mass is 10.3. The van der Waals surface area contributed by atoms with E-state index in [-0.39, 0.29) is 0 Å². The number of hydrogen-bond acceptors (Lipinski definition) is 4. The Morgan fingerprint density at radius 2 is 1.08 bits per heavy atom. The number of ether oxygens (including phenoxy) is 2. The molecule has 0 aromatic heterocycles. The number of carbonyl (C=O) groups is 2. The van der Waals surface area contributed by atoms with Gasteiger partial charge in [-0.05, 0) is 88.0 Å². The first kappa shape index (κ1) is 19.4. The number of esters is 2. The molecule has 0 N–H and O–H groups in total. The van der Waals surface area contributed by atoms with Gasteiger partial charge >= 0.3 is 11.9 Å². The van der Waals surface area contributed by atoms with Crippen LogP contribution >= 0.6 is 63.7 Å². The van der Waals surface area contributed by atoms with Crippen molar-refractivity contribution in [1.82, 2.24) is 0 Å². The van der Waals surface area contributed by atoms with Crippen LogP contribution in [0.3, 0.4) is 0 Å². The fraction of sp³-hybridized carbons (Fsp3) is 0. The van der Waals surface area contributed by atoms with Crippen molar-refractivity contribution in [2.24, 2.45) is 0 Å². The summed E-state index contributed by atoms with van der Waals surface area (Å²) in [6.07, 6.45) is 2.00. The first-order valence-corrected chi connectivity index (χ1v) is 9.55. The highest BCUT2D eigenvalue weighted by atomic mass is 79.9. The smallest absolute Gasteiger partial charge is 0.336 e. The summed E-state index contributed by atoms with van der Waals surface area (Å²) in [6, 6.07) is 10.3. The van der Waals surface area contributed by atoms with E-state index in [1.165, 1.54) is 0 Å². The average molecular weight is 584 g/mol. The molecule has 0 aliphatic rings. The second-order valence-electron chi connectivity index (χ2n) is 4.28. The van der Waals surface area contributed by atoms with Crippen LogP contribution in [-0.2, 0) is 9.59 Å². The zero-order valence-electron chi connectivity index (χ0n) is 11.8. The molecule has 2 aromatic carbocycles. The van der Waals surface area contributed by atoms with E-state index in [9.17, 15) is 9.59 Å². The summed E-state index contributed by atoms with van der Waals surface area (Å²) in [5, 5.41) is 0. The molecule has 124 valence electrons. The van der Waals surface area contributed by atoms with Crippen molar-refractivity contribution in [3.05, 3.63) is 66.4 Å². The molecular formula is C16H8Br4O4. The maximum absolute atomic E-state index is 11.8. The summed E-state index contributed by atoms with van der Waals surface area (Å²) in [7, 11) is 0. The molecule has 0 bridgehead atoms. The Hall–Kier alpha value is -0.960. The molecule has 2 rings (SSSR count). The van der Waals surface area contributed by atoms with Crippen LogP contribution in [0, 0.1) is 0 Å². The van der Waals surface area contributed by atoms with Gasteiger partial charge in [0.05, 0.1) is 8.95 Å². The summed E-state index contributed by atoms with van der Waals surface area (Å²) in [6.45, 7) is 0. The molecule has 24 heavy (non-hydrogen) atoms. The van der Waals surface area contributed by atoms with Gasteiger partial charge in [-0.15, -0.1) is 0 Å². The summed E-state index contributed by atoms with van der Waals surface area (Å²) in [5.41, 5.74) is 0. The summed E-state index contributed by atoms with van der Waals surface area (Å²) >= 11 is 13.2. The summed E-state index contributed by atoms with van der Waals surface area (Å²) in [4.78, 5) is 23.6. The zero-order chi connectivity index (χ0) is 17.7. The highest BCUT2D eigenvalue weighted by Gasteiger charge is 2.10. The molecule has 4 nitrogen and oxygen atoms in total. The topological polar surface area (TPSA) is 52.6 Å². The van der Waals surface area contributed by atoms with Crippen molar-refractivity contribution >= 4 is 75.7 Å². The lowest BCUT2D eigenvalue weighted by molar-refractivity contribution is -0.131. The molecule has 0 heterocycles. The maximum Gasteiger partial charge on any atom is 0.336 e. The van der Waals surface area contributed by atoms with Gasteiger partial charge in [0, 0.05) is 21.1 Å². The SMILES string of the molecule is O=C(C=CC(=O)Oc1cccc(Br)c1Br)Oc1cccc(Br)c1Br. The molecule has 8 heteroatoms. The van der Waals surface area contributed by atoms with E-state index in [1.54, 1.807) is 36.4 Å². The molecule has 0 atom stereocenters. The van der Waals surface area contributed by atoms with Gasteiger partial charge in [0.1, 0.15) is 11.5 Å². The van der Waals surface area contributed by atoms with Gasteiger partial charge in [0.25, 0.3) is 0 Å². The number of hydrogen-bond donors (Lipinski definition) is 0. The van der Waals surface area contributed by atoms with Crippen LogP contribution in [0.15, 0.2) is 66.4 Å². The van der Waals surface area contributed by atoms with Gasteiger partial charge in [0.15, 0.2) is 0 Å². The molecule has 0 saturated heterocycles. The minimum atomic E-state index is -0.695. The summed E-state index contributed by atoms with van der Waals surface area (Å²) < 4.78 is 13.0. The van der Waals surface area contributed by atoms with Crippen LogP contribution in [0.1, 0.15) is 0 Å². The molecule has 0 radical (unpaired) electrons. The number of rotatable bonds is 4. The van der Waals surface area contributed by atoms with Gasteiger partial charge in [-0.3, -0.25) is 0 Å². The third kappa shape index (κ3) is 5.27. The third-order valence-electron chi connectivity index (χ3n) is 2.61. The second kappa shape index (κ2) is 8.94. The molecular weight excluding hydrogens is 576 g/mol. The van der Waals surface area contributed by atoms with Crippen molar-refractivity contribution in [2.45, 2.75) is 0 Å². The molecule has 0 saturated carbocycles. The molecule has 2 aromatic rings. The fourth-order valence-corrected chi connectivity index (χ4v) is 2.93. The quantitative estimate of drug-likeness (QED) is 0.259. The van der Waals surface area contributed by atoms with Crippen molar-refractivity contribution < 1.29 is 19.1 Å². The van der Waals surface area contributed by atoms with E-state index in [0.29, 0.717) is 20.4 Å². The zero-order valence-corrected chi connectivity index (χ0v) is 18.1. The Labute approximate surface area is 171 Å². The van der Waals surface area contributed by atoms with Crippen molar-refractivity contribution in [3.8, 4) is 11.5 Å². The first-order chi connectivity index (χ1) is 11.4. The highest BCUT2D eigenvalue weighted by Crippen LogP contribution is 2.33. The standard InChI is InChI=1S/C16H8Br4O4/c17-9-3-1-5-11(15(9)19)23-13(21)7-8-14(22)24-12-6-2-4-10(18)16(12)20/h1-8H. The first-order valence-electron chi connectivity index (χ1n) is 6.38. The van der Waals surface area contributed by atoms with Gasteiger partial charge in [-0.2, -0.15) is 0 Å². The Morgan fingerprint density at radius 3 is 1.46 bits per heavy atom. The van der Waals surface area contributed by atoms with Crippen LogP contribution in [0.4, 0.5) is 0 Å². The predicted octanol–water partition coefficient (Wildman–Crippen LogP) is 5.80. The molecule has 0 amide bonds. The number of carbonyl (C=O) groups excluding carboxylic acids is 2. The summed E-state index contributed by atoms with van der Waals surface area (Å²) in [5.74, 6) is -0.720. The van der Waals surface area contributed by atoms with E-state index in [4.69, 9.17) is 9.47 Å². The van der Waals surface area contributed by atoms with Gasteiger partial charge in [-0.25, -0.2) is 9.59 Å². The lowest BCUT2D eigenvalue weighted by Gasteiger charge is -2.06. The Morgan fingerprint density at radius 1 is 0.708 bits per heavy atom. The highest BCUT2D eigenvalue weighted by molar-refractivity contribution is 9.13. The molecule has 0 spiro atoms. The van der Waals surface area contributed by atoms with E-state index in [1.807, 2.05) is 0 Å². The van der Waals surface area contributed by atoms with Crippen LogP contribution in [0.2, 0.25) is 0 Å². The number of halogens is 4. The van der Waals surface area contributed by atoms with Gasteiger partial charge < -0.3 is 9.47 Å². The predicted molar refractivity (Wildman–Crippen MR) is 104 cm³/mol. The largest absolute Gasteiger partial charge is 0.422 e. The van der Waals surface area contributed by atoms with E-state index < -0.39 is 11.9 Å². The third-order valence-corrected chi connectivity index (χ3v) is 6.63. The van der Waals surface area contributed by atoms with Crippen molar-refractivity contribution in [3.63, 3.8) is 0 Å². The minimum absolute atomic E-state index is 0.335. The normalized spacial score (nSPS) is 10.7. The van der Waals surface area contributed by atoms with Crippen LogP contribution in [0.25, 0.3) is 0 Å². The second-order valence-corrected chi connectivity index (χ2v) is 7.57. The monoisotopic (exact) mass is 580 g/mol. The average Bonchev–Trinajstić information content (AvgIpc) is 2.54. The minimum Gasteiger partial charge on any atom is -0.422 e. The van der Waals surface area contributed by atoms with Gasteiger partial charge in [-0.1, -0.05) is 12.1 Å². The number of benzene rings is 2. The van der Waals surface area contributed by atoms with E-state index >= 15 is 0 Å². The van der Waals surface area contributed by atoms with Crippen LogP contribution in [-0.4, -0.2) is 11.9 Å². The Balaban J connectivity index is 1.99. The maximum atomic E-state index is 11.8. The Kier molecular flexibility index (Phi) is 7.21. The lowest BCUT2D eigenvalue weighted by Crippen LogP contribution is -2.09. The van der Waals surface area contributed by atoms with Crippen molar-refractivity contribution in [2.75, 3.05) is 0 Å². The molecule has 0 aliphatic carbocycles. The van der Waals surface area contributed by atoms with E-state index in [0.717, 1.165) is 21.1 Å². The molecule has 0 fully saturated rings. The van der Waals surface area contributed by atoms with Crippen LogP contribution in [0.5, 0.6) is 11.5 Å². The Bertz CT molecular complexity index is 750.